The van der Waals surface area contributed by atoms with E-state index in [9.17, 15) is 0 Å². The molecule has 0 saturated carbocycles. The second kappa shape index (κ2) is 11.3. The second-order valence-corrected chi connectivity index (χ2v) is 15.0. The van der Waals surface area contributed by atoms with E-state index in [1.165, 1.54) is 72.0 Å². The molecule has 1 spiro atoms. The van der Waals surface area contributed by atoms with Crippen LogP contribution in [0.25, 0.3) is 44.2 Å². The Morgan fingerprint density at radius 1 is 0.291 bits per heavy atom. The monoisotopic (exact) mass is 698 g/mol. The zero-order valence-electron chi connectivity index (χ0n) is 30.0. The Labute approximate surface area is 320 Å². The summed E-state index contributed by atoms with van der Waals surface area (Å²) in [6, 6.07) is 76.1. The van der Waals surface area contributed by atoms with E-state index in [1.807, 2.05) is 0 Å². The van der Waals surface area contributed by atoms with Crippen LogP contribution in [0.2, 0.25) is 0 Å². The van der Waals surface area contributed by atoms with Crippen LogP contribution in [-0.2, 0) is 10.8 Å². The van der Waals surface area contributed by atoms with Gasteiger partial charge in [-0.3, -0.25) is 0 Å². The van der Waals surface area contributed by atoms with Gasteiger partial charge in [-0.15, -0.1) is 0 Å². The average molecular weight is 699 g/mol. The third-order valence-corrected chi connectivity index (χ3v) is 12.6. The molecule has 1 heterocycles. The van der Waals surface area contributed by atoms with E-state index in [1.54, 1.807) is 0 Å². The topological polar surface area (TPSA) is 9.23 Å². The summed E-state index contributed by atoms with van der Waals surface area (Å²) in [6.07, 6.45) is 0. The van der Waals surface area contributed by atoms with Crippen molar-refractivity contribution in [3.8, 4) is 44.9 Å². The molecule has 9 aromatic carbocycles. The van der Waals surface area contributed by atoms with Crippen LogP contribution in [0.15, 0.2) is 206 Å². The quantitative estimate of drug-likeness (QED) is 0.178. The Bertz CT molecular complexity index is 2970. The summed E-state index contributed by atoms with van der Waals surface area (Å²) < 4.78 is 7.20. The molecule has 0 aromatic heterocycles. The Hall–Kier alpha value is -6.96. The molecule has 3 aliphatic rings. The molecule has 256 valence electrons. The zero-order chi connectivity index (χ0) is 36.1. The Morgan fingerprint density at radius 2 is 0.782 bits per heavy atom. The molecule has 0 radical (unpaired) electrons. The van der Waals surface area contributed by atoms with E-state index >= 15 is 0 Å². The van der Waals surface area contributed by atoms with Gasteiger partial charge in [0.1, 0.15) is 11.5 Å². The highest BCUT2D eigenvalue weighted by atomic mass is 16.5. The van der Waals surface area contributed by atoms with Gasteiger partial charge in [0.25, 0.3) is 0 Å². The maximum absolute atomic E-state index is 7.20. The molecule has 12 rings (SSSR count). The Balaban J connectivity index is 1.20. The van der Waals surface area contributed by atoms with E-state index in [-0.39, 0.29) is 0 Å². The molecule has 1 unspecified atom stereocenters. The largest absolute Gasteiger partial charge is 0.456 e. The van der Waals surface area contributed by atoms with Gasteiger partial charge in [-0.05, 0) is 78.0 Å². The van der Waals surface area contributed by atoms with Crippen molar-refractivity contribution in [1.82, 2.24) is 0 Å². The summed E-state index contributed by atoms with van der Waals surface area (Å²) in [7, 11) is 0. The third kappa shape index (κ3) is 3.82. The van der Waals surface area contributed by atoms with Gasteiger partial charge in [-0.2, -0.15) is 0 Å². The fourth-order valence-corrected chi connectivity index (χ4v) is 10.6. The van der Waals surface area contributed by atoms with Crippen molar-refractivity contribution >= 4 is 10.8 Å². The van der Waals surface area contributed by atoms with Crippen molar-refractivity contribution in [3.63, 3.8) is 0 Å². The molecular weight excluding hydrogens is 665 g/mol. The number of para-hydroxylation sites is 2. The van der Waals surface area contributed by atoms with Crippen LogP contribution >= 0.6 is 0 Å². The molecule has 0 amide bonds. The molecule has 1 atom stereocenters. The van der Waals surface area contributed by atoms with Crippen molar-refractivity contribution in [2.75, 3.05) is 0 Å². The smallest absolute Gasteiger partial charge is 0.140 e. The van der Waals surface area contributed by atoms with Crippen molar-refractivity contribution in [2.45, 2.75) is 10.8 Å². The molecule has 55 heavy (non-hydrogen) atoms. The van der Waals surface area contributed by atoms with Gasteiger partial charge in [0, 0.05) is 16.7 Å². The lowest BCUT2D eigenvalue weighted by Crippen LogP contribution is -2.34. The predicted molar refractivity (Wildman–Crippen MR) is 224 cm³/mol. The van der Waals surface area contributed by atoms with Crippen molar-refractivity contribution in [3.05, 3.63) is 251 Å². The molecule has 1 nitrogen and oxygen atoms in total. The summed E-state index contributed by atoms with van der Waals surface area (Å²) in [5, 5.41) is 2.61. The first-order valence-corrected chi connectivity index (χ1v) is 19.2. The fourth-order valence-electron chi connectivity index (χ4n) is 10.6. The minimum atomic E-state index is -0.596. The highest BCUT2D eigenvalue weighted by molar-refractivity contribution is 6.08. The highest BCUT2D eigenvalue weighted by Crippen LogP contribution is 2.64. The SMILES string of the molecule is c1ccc(C2(c3ccccc3)c3ccccc3Oc3c(-c4cccc5c4-c4ccccc4C54c5ccccc5-c5cccc6cccc4c56)cccc32)cc1. The van der Waals surface area contributed by atoms with Gasteiger partial charge in [0.15, 0.2) is 0 Å². The van der Waals surface area contributed by atoms with Crippen molar-refractivity contribution in [2.24, 2.45) is 0 Å². The van der Waals surface area contributed by atoms with Crippen molar-refractivity contribution < 1.29 is 4.74 Å². The minimum absolute atomic E-state index is 0.494. The van der Waals surface area contributed by atoms with Gasteiger partial charge >= 0.3 is 0 Å². The Kier molecular flexibility index (Phi) is 6.25. The molecule has 0 fully saturated rings. The average Bonchev–Trinajstić information content (AvgIpc) is 3.56. The lowest BCUT2D eigenvalue weighted by molar-refractivity contribution is 0.436. The third-order valence-electron chi connectivity index (χ3n) is 12.6. The predicted octanol–water partition coefficient (Wildman–Crippen LogP) is 13.3. The van der Waals surface area contributed by atoms with Gasteiger partial charge < -0.3 is 4.74 Å². The van der Waals surface area contributed by atoms with Gasteiger partial charge in [0.05, 0.1) is 10.8 Å². The summed E-state index contributed by atoms with van der Waals surface area (Å²) in [5.74, 6) is 1.78. The standard InChI is InChI=1S/C54H34O/c1-3-19-36(20-4-1)53(37-21-5-2-6-22-37)45-30-11-12-34-49(45)55-52-41(27-16-33-48(52)53)40-26-15-32-47-51(40)42-24-8-10-29-44(42)54(47)43-28-9-7-23-38(43)39-25-13-17-35-18-14-31-46(54)50(35)39/h1-34H. The molecule has 2 aliphatic carbocycles. The number of ether oxygens (including phenoxy) is 1. The van der Waals surface area contributed by atoms with E-state index in [2.05, 4.69) is 206 Å². The van der Waals surface area contributed by atoms with E-state index < -0.39 is 10.8 Å². The lowest BCUT2D eigenvalue weighted by atomic mass is 9.61. The van der Waals surface area contributed by atoms with Crippen LogP contribution in [0.3, 0.4) is 0 Å². The summed E-state index contributed by atoms with van der Waals surface area (Å²) in [6.45, 7) is 0. The van der Waals surface area contributed by atoms with Gasteiger partial charge in [0.2, 0.25) is 0 Å². The summed E-state index contributed by atoms with van der Waals surface area (Å²) >= 11 is 0. The summed E-state index contributed by atoms with van der Waals surface area (Å²) in [4.78, 5) is 0. The number of rotatable bonds is 3. The van der Waals surface area contributed by atoms with E-state index in [0.29, 0.717) is 0 Å². The molecule has 0 N–H and O–H groups in total. The Morgan fingerprint density at radius 3 is 1.53 bits per heavy atom. The van der Waals surface area contributed by atoms with Gasteiger partial charge in [-0.25, -0.2) is 0 Å². The normalized spacial score (nSPS) is 16.4. The second-order valence-electron chi connectivity index (χ2n) is 15.0. The van der Waals surface area contributed by atoms with Crippen LogP contribution in [0, 0.1) is 0 Å². The first-order chi connectivity index (χ1) is 27.3. The van der Waals surface area contributed by atoms with Crippen LogP contribution in [0.5, 0.6) is 11.5 Å². The maximum atomic E-state index is 7.20. The maximum Gasteiger partial charge on any atom is 0.140 e. The molecule has 1 heteroatoms. The zero-order valence-corrected chi connectivity index (χ0v) is 30.0. The number of benzene rings is 9. The van der Waals surface area contributed by atoms with Gasteiger partial charge in [-0.1, -0.05) is 200 Å². The molecule has 1 aliphatic heterocycles. The number of fused-ring (bicyclic) bond motifs is 11. The lowest BCUT2D eigenvalue weighted by Gasteiger charge is -2.42. The van der Waals surface area contributed by atoms with Crippen LogP contribution in [0.4, 0.5) is 0 Å². The fraction of sp³-hybridized carbons (Fsp3) is 0.0370. The van der Waals surface area contributed by atoms with E-state index in [0.717, 1.165) is 28.2 Å². The molecular formula is C54H34O. The first kappa shape index (κ1) is 30.5. The van der Waals surface area contributed by atoms with Crippen LogP contribution < -0.4 is 4.74 Å². The van der Waals surface area contributed by atoms with Crippen LogP contribution in [-0.4, -0.2) is 0 Å². The molecule has 0 bridgehead atoms. The first-order valence-electron chi connectivity index (χ1n) is 19.2. The van der Waals surface area contributed by atoms with E-state index in [4.69, 9.17) is 4.74 Å². The molecule has 0 saturated heterocycles. The highest BCUT2D eigenvalue weighted by Gasteiger charge is 2.51. The van der Waals surface area contributed by atoms with Crippen LogP contribution in [0.1, 0.15) is 44.5 Å². The molecule has 9 aromatic rings. The minimum Gasteiger partial charge on any atom is -0.456 e. The summed E-state index contributed by atoms with van der Waals surface area (Å²) in [5.41, 5.74) is 16.3. The number of hydrogen-bond donors (Lipinski definition) is 0. The number of hydrogen-bond acceptors (Lipinski definition) is 1. The van der Waals surface area contributed by atoms with Crippen molar-refractivity contribution in [1.29, 1.82) is 0 Å².